The summed E-state index contributed by atoms with van der Waals surface area (Å²) in [5.74, 6) is 0.898. The Labute approximate surface area is 132 Å². The van der Waals surface area contributed by atoms with E-state index in [2.05, 4.69) is 29.3 Å². The molecule has 118 valence electrons. The predicted octanol–water partition coefficient (Wildman–Crippen LogP) is 2.91. The van der Waals surface area contributed by atoms with Crippen LogP contribution in [-0.2, 0) is 0 Å². The monoisotopic (exact) mass is 299 g/mol. The van der Waals surface area contributed by atoms with E-state index in [0.717, 1.165) is 13.1 Å². The molecule has 4 heteroatoms. The highest BCUT2D eigenvalue weighted by Gasteiger charge is 2.37. The smallest absolute Gasteiger partial charge is 0.271 e. The van der Waals surface area contributed by atoms with Gasteiger partial charge in [0.25, 0.3) is 5.91 Å². The minimum atomic E-state index is -0.113. The number of hydrogen-bond acceptors (Lipinski definition) is 3. The van der Waals surface area contributed by atoms with Crippen molar-refractivity contribution < 1.29 is 4.79 Å². The lowest BCUT2D eigenvalue weighted by Gasteiger charge is -2.44. The molecule has 3 rings (SSSR count). The highest BCUT2D eigenvalue weighted by Crippen LogP contribution is 2.33. The van der Waals surface area contributed by atoms with Crippen LogP contribution in [0.15, 0.2) is 35.4 Å². The average Bonchev–Trinajstić information content (AvgIpc) is 2.52. The van der Waals surface area contributed by atoms with Gasteiger partial charge in [-0.05, 0) is 38.8 Å². The predicted molar refractivity (Wildman–Crippen MR) is 88.9 cm³/mol. The lowest BCUT2D eigenvalue weighted by Crippen LogP contribution is -2.51. The van der Waals surface area contributed by atoms with Crippen molar-refractivity contribution in [3.63, 3.8) is 0 Å². The van der Waals surface area contributed by atoms with E-state index in [0.29, 0.717) is 23.4 Å². The van der Waals surface area contributed by atoms with Gasteiger partial charge in [0.2, 0.25) is 0 Å². The molecular weight excluding hydrogens is 274 g/mol. The van der Waals surface area contributed by atoms with Gasteiger partial charge >= 0.3 is 0 Å². The Kier molecular flexibility index (Phi) is 4.57. The Morgan fingerprint density at radius 3 is 2.41 bits per heavy atom. The fourth-order valence-electron chi connectivity index (χ4n) is 3.62. The van der Waals surface area contributed by atoms with E-state index in [1.54, 1.807) is 0 Å². The van der Waals surface area contributed by atoms with E-state index in [-0.39, 0.29) is 5.91 Å². The second kappa shape index (κ2) is 6.61. The van der Waals surface area contributed by atoms with Crippen molar-refractivity contribution in [3.05, 3.63) is 35.9 Å². The van der Waals surface area contributed by atoms with Gasteiger partial charge in [0.05, 0.1) is 0 Å². The highest BCUT2D eigenvalue weighted by atomic mass is 16.2. The second-order valence-corrected chi connectivity index (χ2v) is 6.72. The van der Waals surface area contributed by atoms with Crippen LogP contribution >= 0.6 is 0 Å². The minimum absolute atomic E-state index is 0.113. The molecule has 2 unspecified atom stereocenters. The first-order valence-electron chi connectivity index (χ1n) is 8.32. The number of likely N-dealkylation sites (tertiary alicyclic amines) is 1. The Morgan fingerprint density at radius 1 is 1.18 bits per heavy atom. The van der Waals surface area contributed by atoms with Crippen LogP contribution in [0.25, 0.3) is 0 Å². The summed E-state index contributed by atoms with van der Waals surface area (Å²) >= 11 is 0. The van der Waals surface area contributed by atoms with E-state index in [9.17, 15) is 4.79 Å². The Hall–Kier alpha value is -1.68. The topological polar surface area (TPSA) is 44.7 Å². The molecule has 1 saturated heterocycles. The molecule has 1 aliphatic carbocycles. The molecule has 2 aliphatic rings. The zero-order valence-electron chi connectivity index (χ0n) is 13.5. The first kappa shape index (κ1) is 15.2. The summed E-state index contributed by atoms with van der Waals surface area (Å²) < 4.78 is 0. The van der Waals surface area contributed by atoms with Gasteiger partial charge in [-0.3, -0.25) is 9.69 Å². The number of fused-ring (bicyclic) bond motifs is 2. The van der Waals surface area contributed by atoms with E-state index >= 15 is 0 Å². The maximum atomic E-state index is 12.2. The summed E-state index contributed by atoms with van der Waals surface area (Å²) in [5.41, 5.74) is 4.65. The third-order valence-corrected chi connectivity index (χ3v) is 4.90. The fourth-order valence-corrected chi connectivity index (χ4v) is 3.62. The number of carbonyl (C=O) groups excluding carboxylic acids is 1. The molecule has 1 aromatic rings. The van der Waals surface area contributed by atoms with Gasteiger partial charge in [-0.15, -0.1) is 0 Å². The van der Waals surface area contributed by atoms with Crippen molar-refractivity contribution in [2.45, 2.75) is 39.2 Å². The van der Waals surface area contributed by atoms with Gasteiger partial charge in [0.15, 0.2) is 0 Å². The maximum Gasteiger partial charge on any atom is 0.271 e. The molecule has 1 aliphatic heterocycles. The number of piperidine rings is 1. The summed E-state index contributed by atoms with van der Waals surface area (Å²) in [6, 6.07) is 9.88. The molecule has 1 amide bonds. The number of carbonyl (C=O) groups is 1. The molecule has 2 fully saturated rings. The van der Waals surface area contributed by atoms with Crippen LogP contribution in [0.4, 0.5) is 0 Å². The van der Waals surface area contributed by atoms with Crippen molar-refractivity contribution in [2.75, 3.05) is 13.1 Å². The number of benzene rings is 1. The van der Waals surface area contributed by atoms with Crippen molar-refractivity contribution >= 4 is 11.6 Å². The maximum absolute atomic E-state index is 12.2. The first-order chi connectivity index (χ1) is 10.6. The average molecular weight is 299 g/mol. The second-order valence-electron chi connectivity index (χ2n) is 6.72. The number of nitrogens with one attached hydrogen (secondary N) is 1. The van der Waals surface area contributed by atoms with Gasteiger partial charge in [0.1, 0.15) is 0 Å². The normalized spacial score (nSPS) is 25.1. The van der Waals surface area contributed by atoms with Crippen LogP contribution in [0, 0.1) is 11.8 Å². The van der Waals surface area contributed by atoms with Crippen LogP contribution in [0.2, 0.25) is 0 Å². The minimum Gasteiger partial charge on any atom is -0.300 e. The van der Waals surface area contributed by atoms with E-state index in [1.165, 1.54) is 25.0 Å². The standard InChI is InChI=1S/C18H25N3O/c1-13(2)21-11-15-9-6-10-16(12-21)17(15)19-20-18(22)14-7-4-3-5-8-14/h3-5,7-8,13,15-16H,6,9-12H2,1-2H3,(H,20,22). The van der Waals surface area contributed by atoms with Crippen LogP contribution in [0.3, 0.4) is 0 Å². The zero-order valence-corrected chi connectivity index (χ0v) is 13.5. The van der Waals surface area contributed by atoms with E-state index in [1.807, 2.05) is 30.3 Å². The Balaban J connectivity index is 1.70. The number of amides is 1. The third-order valence-electron chi connectivity index (χ3n) is 4.90. The largest absolute Gasteiger partial charge is 0.300 e. The van der Waals surface area contributed by atoms with Gasteiger partial charge in [-0.25, -0.2) is 5.43 Å². The molecule has 1 aromatic carbocycles. The Bertz CT molecular complexity index is 537. The highest BCUT2D eigenvalue weighted by molar-refractivity contribution is 5.96. The fraction of sp³-hybridized carbons (Fsp3) is 0.556. The molecule has 0 spiro atoms. The van der Waals surface area contributed by atoms with Gasteiger partial charge < -0.3 is 0 Å². The van der Waals surface area contributed by atoms with Crippen molar-refractivity contribution in [3.8, 4) is 0 Å². The number of hydrogen-bond donors (Lipinski definition) is 1. The summed E-state index contributed by atoms with van der Waals surface area (Å²) in [7, 11) is 0. The summed E-state index contributed by atoms with van der Waals surface area (Å²) in [6.07, 6.45) is 3.67. The number of rotatable bonds is 3. The van der Waals surface area contributed by atoms with Crippen LogP contribution in [-0.4, -0.2) is 35.7 Å². The summed E-state index contributed by atoms with van der Waals surface area (Å²) in [4.78, 5) is 14.7. The molecular formula is C18H25N3O. The van der Waals surface area contributed by atoms with E-state index < -0.39 is 0 Å². The Morgan fingerprint density at radius 2 is 1.82 bits per heavy atom. The number of nitrogens with zero attached hydrogens (tertiary/aromatic N) is 2. The van der Waals surface area contributed by atoms with Crippen LogP contribution < -0.4 is 5.43 Å². The SMILES string of the molecule is CC(C)N1CC2CCCC(C1)C2=NNC(=O)c1ccccc1. The molecule has 4 nitrogen and oxygen atoms in total. The third kappa shape index (κ3) is 3.22. The van der Waals surface area contributed by atoms with Crippen molar-refractivity contribution in [2.24, 2.45) is 16.9 Å². The van der Waals surface area contributed by atoms with Crippen molar-refractivity contribution in [1.29, 1.82) is 0 Å². The molecule has 22 heavy (non-hydrogen) atoms. The molecule has 1 heterocycles. The zero-order chi connectivity index (χ0) is 15.5. The van der Waals surface area contributed by atoms with E-state index in [4.69, 9.17) is 0 Å². The molecule has 2 bridgehead atoms. The van der Waals surface area contributed by atoms with Crippen LogP contribution in [0.5, 0.6) is 0 Å². The quantitative estimate of drug-likeness (QED) is 0.872. The first-order valence-corrected chi connectivity index (χ1v) is 8.32. The molecule has 0 radical (unpaired) electrons. The molecule has 2 atom stereocenters. The lowest BCUT2D eigenvalue weighted by atomic mass is 9.75. The number of hydrazone groups is 1. The molecule has 0 aromatic heterocycles. The molecule has 1 N–H and O–H groups in total. The van der Waals surface area contributed by atoms with Gasteiger partial charge in [-0.2, -0.15) is 5.10 Å². The van der Waals surface area contributed by atoms with Gasteiger partial charge in [0, 0.05) is 42.2 Å². The van der Waals surface area contributed by atoms with Crippen LogP contribution in [0.1, 0.15) is 43.5 Å². The lowest BCUT2D eigenvalue weighted by molar-refractivity contribution is 0.0951. The van der Waals surface area contributed by atoms with Crippen molar-refractivity contribution in [1.82, 2.24) is 10.3 Å². The van der Waals surface area contributed by atoms with Gasteiger partial charge in [-0.1, -0.05) is 24.6 Å². The summed E-state index contributed by atoms with van der Waals surface area (Å²) in [6.45, 7) is 6.67. The summed E-state index contributed by atoms with van der Waals surface area (Å²) in [5, 5.41) is 4.53. The molecule has 1 saturated carbocycles.